The van der Waals surface area contributed by atoms with Crippen LogP contribution in [-0.2, 0) is 9.53 Å². The van der Waals surface area contributed by atoms with Gasteiger partial charge in [0.1, 0.15) is 23.8 Å². The Hall–Kier alpha value is -2.46. The molecule has 0 fully saturated rings. The van der Waals surface area contributed by atoms with Gasteiger partial charge in [0.05, 0.1) is 24.7 Å². The highest BCUT2D eigenvalue weighted by molar-refractivity contribution is 6.29. The Morgan fingerprint density at radius 1 is 1.42 bits per heavy atom. The number of hydrogen-bond donors (Lipinski definition) is 0. The molecule has 0 N–H and O–H groups in total. The molecule has 0 aliphatic carbocycles. The van der Waals surface area contributed by atoms with Gasteiger partial charge in [-0.15, -0.1) is 11.6 Å². The van der Waals surface area contributed by atoms with E-state index in [0.717, 1.165) is 0 Å². The zero-order valence-electron chi connectivity index (χ0n) is 15.1. The molecule has 0 unspecified atom stereocenters. The van der Waals surface area contributed by atoms with Crippen molar-refractivity contribution in [1.29, 1.82) is 5.26 Å². The van der Waals surface area contributed by atoms with Crippen molar-refractivity contribution in [2.45, 2.75) is 32.8 Å². The number of ether oxygens (including phenoxy) is 2. The van der Waals surface area contributed by atoms with E-state index in [4.69, 9.17) is 26.3 Å². The highest BCUT2D eigenvalue weighted by Crippen LogP contribution is 2.36. The smallest absolute Gasteiger partial charge is 0.415 e. The molecule has 0 spiro atoms. The Balaban J connectivity index is 2.36. The van der Waals surface area contributed by atoms with E-state index in [1.807, 2.05) is 6.07 Å². The van der Waals surface area contributed by atoms with E-state index in [1.54, 1.807) is 39.0 Å². The zero-order valence-corrected chi connectivity index (χ0v) is 15.9. The summed E-state index contributed by atoms with van der Waals surface area (Å²) in [5.74, 6) is 0.0150. The molecule has 140 valence electrons. The van der Waals surface area contributed by atoms with Crippen LogP contribution in [0.1, 0.15) is 27.2 Å². The first kappa shape index (κ1) is 19.9. The minimum atomic E-state index is -0.624. The molecular weight excluding hydrogens is 358 g/mol. The van der Waals surface area contributed by atoms with Crippen molar-refractivity contribution in [2.75, 3.05) is 35.4 Å². The van der Waals surface area contributed by atoms with Crippen LogP contribution in [0.2, 0.25) is 0 Å². The molecule has 1 aliphatic heterocycles. The number of fused-ring (bicyclic) bond motifs is 1. The first-order valence-corrected chi connectivity index (χ1v) is 8.81. The lowest BCUT2D eigenvalue weighted by atomic mass is 10.2. The van der Waals surface area contributed by atoms with Crippen molar-refractivity contribution in [3.05, 3.63) is 18.2 Å². The molecule has 2 amide bonds. The minimum Gasteiger partial charge on any atom is -0.490 e. The van der Waals surface area contributed by atoms with E-state index in [2.05, 4.69) is 0 Å². The number of nitrogens with zero attached hydrogens (tertiary/aromatic N) is 3. The quantitative estimate of drug-likeness (QED) is 0.749. The van der Waals surface area contributed by atoms with Gasteiger partial charge in [0.25, 0.3) is 0 Å². The molecule has 7 nitrogen and oxygen atoms in total. The van der Waals surface area contributed by atoms with Gasteiger partial charge in [-0.05, 0) is 39.0 Å². The maximum absolute atomic E-state index is 12.5. The molecule has 0 saturated heterocycles. The fourth-order valence-electron chi connectivity index (χ4n) is 2.51. The number of amides is 2. The van der Waals surface area contributed by atoms with E-state index in [0.29, 0.717) is 30.3 Å². The van der Waals surface area contributed by atoms with Gasteiger partial charge >= 0.3 is 6.09 Å². The molecule has 1 aromatic rings. The van der Waals surface area contributed by atoms with Crippen LogP contribution in [0.25, 0.3) is 0 Å². The van der Waals surface area contributed by atoms with E-state index in [-0.39, 0.29) is 24.8 Å². The van der Waals surface area contributed by atoms with Gasteiger partial charge in [0.2, 0.25) is 5.91 Å². The van der Waals surface area contributed by atoms with E-state index >= 15 is 0 Å². The number of rotatable bonds is 4. The molecule has 0 saturated carbocycles. The monoisotopic (exact) mass is 379 g/mol. The Morgan fingerprint density at radius 3 is 2.77 bits per heavy atom. The Morgan fingerprint density at radius 2 is 2.15 bits per heavy atom. The SMILES string of the molecule is CC(C)(C)OC(=O)N1CCOc2ccc(N(CCC#N)C(=O)CCl)cc21. The second-order valence-electron chi connectivity index (χ2n) is 6.72. The highest BCUT2D eigenvalue weighted by atomic mass is 35.5. The summed E-state index contributed by atoms with van der Waals surface area (Å²) in [7, 11) is 0. The second-order valence-corrected chi connectivity index (χ2v) is 6.99. The van der Waals surface area contributed by atoms with Crippen LogP contribution in [0.5, 0.6) is 5.75 Å². The molecule has 1 heterocycles. The third-order valence-electron chi connectivity index (χ3n) is 3.59. The summed E-state index contributed by atoms with van der Waals surface area (Å²) < 4.78 is 11.1. The maximum atomic E-state index is 12.5. The van der Waals surface area contributed by atoms with Crippen LogP contribution in [0.4, 0.5) is 16.2 Å². The highest BCUT2D eigenvalue weighted by Gasteiger charge is 2.29. The molecule has 8 heteroatoms. The predicted molar refractivity (Wildman–Crippen MR) is 98.8 cm³/mol. The summed E-state index contributed by atoms with van der Waals surface area (Å²) in [6, 6.07) is 7.10. The normalized spacial score (nSPS) is 13.3. The first-order valence-electron chi connectivity index (χ1n) is 8.27. The lowest BCUT2D eigenvalue weighted by molar-refractivity contribution is -0.116. The molecule has 0 atom stereocenters. The van der Waals surface area contributed by atoms with Crippen LogP contribution in [-0.4, -0.2) is 43.2 Å². The number of halogens is 1. The van der Waals surface area contributed by atoms with Crippen molar-refractivity contribution in [3.63, 3.8) is 0 Å². The molecule has 1 aliphatic rings. The van der Waals surface area contributed by atoms with E-state index in [1.165, 1.54) is 9.80 Å². The third kappa shape index (κ3) is 4.79. The molecule has 26 heavy (non-hydrogen) atoms. The summed E-state index contributed by atoms with van der Waals surface area (Å²) in [6.07, 6.45) is -0.308. The van der Waals surface area contributed by atoms with Crippen molar-refractivity contribution in [1.82, 2.24) is 0 Å². The topological polar surface area (TPSA) is 82.9 Å². The number of alkyl halides is 1. The fourth-order valence-corrected chi connectivity index (χ4v) is 2.66. The molecule has 0 aromatic heterocycles. The van der Waals surface area contributed by atoms with Gasteiger partial charge < -0.3 is 14.4 Å². The van der Waals surface area contributed by atoms with E-state index in [9.17, 15) is 9.59 Å². The predicted octanol–water partition coefficient (Wildman–Crippen LogP) is 3.31. The molecule has 1 aromatic carbocycles. The zero-order chi connectivity index (χ0) is 19.3. The Bertz CT molecular complexity index is 724. The lowest BCUT2D eigenvalue weighted by Gasteiger charge is -2.32. The molecule has 2 rings (SSSR count). The van der Waals surface area contributed by atoms with Crippen molar-refractivity contribution in [3.8, 4) is 11.8 Å². The third-order valence-corrected chi connectivity index (χ3v) is 3.82. The average molecular weight is 380 g/mol. The largest absolute Gasteiger partial charge is 0.490 e. The van der Waals surface area contributed by atoms with Crippen LogP contribution in [0, 0.1) is 11.3 Å². The Labute approximate surface area is 158 Å². The van der Waals surface area contributed by atoms with Gasteiger partial charge in [-0.1, -0.05) is 0 Å². The Kier molecular flexibility index (Phi) is 6.32. The van der Waals surface area contributed by atoms with Gasteiger partial charge in [-0.3, -0.25) is 9.69 Å². The van der Waals surface area contributed by atoms with Crippen molar-refractivity contribution >= 4 is 35.0 Å². The lowest BCUT2D eigenvalue weighted by Crippen LogP contribution is -2.41. The van der Waals surface area contributed by atoms with Crippen LogP contribution >= 0.6 is 11.6 Å². The molecule has 0 bridgehead atoms. The summed E-state index contributed by atoms with van der Waals surface area (Å²) >= 11 is 5.69. The maximum Gasteiger partial charge on any atom is 0.415 e. The number of carbonyl (C=O) groups excluding carboxylic acids is 2. The number of nitriles is 1. The van der Waals surface area contributed by atoms with Crippen LogP contribution in [0.3, 0.4) is 0 Å². The first-order chi connectivity index (χ1) is 12.3. The summed E-state index contributed by atoms with van der Waals surface area (Å²) in [5.41, 5.74) is 0.441. The number of anilines is 2. The van der Waals surface area contributed by atoms with Crippen molar-refractivity contribution in [2.24, 2.45) is 0 Å². The molecule has 0 radical (unpaired) electrons. The number of hydrogen-bond acceptors (Lipinski definition) is 5. The summed E-state index contributed by atoms with van der Waals surface area (Å²) in [6.45, 7) is 6.30. The number of carbonyl (C=O) groups is 2. The summed E-state index contributed by atoms with van der Waals surface area (Å²) in [5, 5.41) is 8.82. The standard InChI is InChI=1S/C18H22ClN3O4/c1-18(2,3)26-17(24)22-9-10-25-15-6-5-13(11-14(15)22)21(8-4-7-20)16(23)12-19/h5-6,11H,4,8-10,12H2,1-3H3. The summed E-state index contributed by atoms with van der Waals surface area (Å²) in [4.78, 5) is 27.6. The van der Waals surface area contributed by atoms with Gasteiger partial charge in [-0.2, -0.15) is 5.26 Å². The average Bonchev–Trinajstić information content (AvgIpc) is 2.59. The van der Waals surface area contributed by atoms with Gasteiger partial charge in [-0.25, -0.2) is 4.79 Å². The van der Waals surface area contributed by atoms with E-state index < -0.39 is 11.7 Å². The van der Waals surface area contributed by atoms with Gasteiger partial charge in [0, 0.05) is 12.2 Å². The van der Waals surface area contributed by atoms with Crippen LogP contribution < -0.4 is 14.5 Å². The second kappa shape index (κ2) is 8.28. The number of benzene rings is 1. The minimum absolute atomic E-state index is 0.173. The van der Waals surface area contributed by atoms with Crippen LogP contribution in [0.15, 0.2) is 18.2 Å². The van der Waals surface area contributed by atoms with Crippen molar-refractivity contribution < 1.29 is 19.1 Å². The van der Waals surface area contributed by atoms with Gasteiger partial charge in [0.15, 0.2) is 0 Å². The molecular formula is C18H22ClN3O4. The fraction of sp³-hybridized carbons (Fsp3) is 0.500.